The van der Waals surface area contributed by atoms with E-state index in [0.717, 1.165) is 25.7 Å². The van der Waals surface area contributed by atoms with E-state index < -0.39 is 29.8 Å². The maximum absolute atomic E-state index is 11.8. The van der Waals surface area contributed by atoms with Gasteiger partial charge in [-0.15, -0.1) is 0 Å². The van der Waals surface area contributed by atoms with Gasteiger partial charge in [-0.25, -0.2) is 9.59 Å². The Hall–Kier alpha value is -1.50. The van der Waals surface area contributed by atoms with Crippen LogP contribution >= 0.6 is 0 Å². The predicted octanol–water partition coefficient (Wildman–Crippen LogP) is 1.88. The summed E-state index contributed by atoms with van der Waals surface area (Å²) in [6.45, 7) is 0.611. The van der Waals surface area contributed by atoms with Gasteiger partial charge in [-0.1, -0.05) is 0 Å². The lowest BCUT2D eigenvalue weighted by Crippen LogP contribution is -2.66. The summed E-state index contributed by atoms with van der Waals surface area (Å²) in [5.74, 6) is -1.47. The third kappa shape index (κ3) is 1.38. The van der Waals surface area contributed by atoms with Crippen molar-refractivity contribution in [2.24, 2.45) is 0 Å². The molecule has 0 amide bonds. The summed E-state index contributed by atoms with van der Waals surface area (Å²) in [5, 5.41) is 0. The maximum atomic E-state index is 11.8. The van der Waals surface area contributed by atoms with Crippen LogP contribution in [-0.2, 0) is 23.7 Å². The molecule has 0 bridgehead atoms. The highest BCUT2D eigenvalue weighted by Gasteiger charge is 2.78. The van der Waals surface area contributed by atoms with Crippen molar-refractivity contribution >= 4 is 12.3 Å². The maximum Gasteiger partial charge on any atom is 0.512 e. The number of carbonyl (C=O) groups is 2. The SMILES string of the molecule is O=C1OC2CCCC3(C4CCCCO4)OC(=O)OC23O1. The summed E-state index contributed by atoms with van der Waals surface area (Å²) in [6, 6.07) is 0. The van der Waals surface area contributed by atoms with Crippen molar-refractivity contribution in [1.29, 1.82) is 0 Å². The zero-order valence-corrected chi connectivity index (χ0v) is 11.0. The van der Waals surface area contributed by atoms with Crippen LogP contribution in [0.1, 0.15) is 38.5 Å². The lowest BCUT2D eigenvalue weighted by Gasteiger charge is -2.46. The fraction of sp³-hybridized carbons (Fsp3) is 0.846. The summed E-state index contributed by atoms with van der Waals surface area (Å²) >= 11 is 0. The second-order valence-corrected chi connectivity index (χ2v) is 5.72. The first-order chi connectivity index (χ1) is 9.66. The number of hydrogen-bond donors (Lipinski definition) is 0. The second-order valence-electron chi connectivity index (χ2n) is 5.72. The van der Waals surface area contributed by atoms with Crippen molar-refractivity contribution in [2.45, 2.75) is 62.1 Å². The van der Waals surface area contributed by atoms with Crippen molar-refractivity contribution in [3.8, 4) is 0 Å². The largest absolute Gasteiger partial charge is 0.512 e. The molecule has 7 nitrogen and oxygen atoms in total. The molecule has 3 aliphatic heterocycles. The quantitative estimate of drug-likeness (QED) is 0.680. The monoisotopic (exact) mass is 284 g/mol. The van der Waals surface area contributed by atoms with Crippen LogP contribution in [0.15, 0.2) is 0 Å². The lowest BCUT2D eigenvalue weighted by molar-refractivity contribution is -0.263. The fourth-order valence-electron chi connectivity index (χ4n) is 3.89. The van der Waals surface area contributed by atoms with Gasteiger partial charge < -0.3 is 23.7 Å². The minimum atomic E-state index is -1.47. The molecule has 3 heterocycles. The number of hydrogen-bond acceptors (Lipinski definition) is 7. The van der Waals surface area contributed by atoms with Crippen molar-refractivity contribution < 1.29 is 33.3 Å². The molecule has 0 aromatic heterocycles. The predicted molar refractivity (Wildman–Crippen MR) is 61.8 cm³/mol. The van der Waals surface area contributed by atoms with Gasteiger partial charge in [0, 0.05) is 6.61 Å². The molecule has 1 aliphatic carbocycles. The van der Waals surface area contributed by atoms with Crippen LogP contribution in [0, 0.1) is 0 Å². The van der Waals surface area contributed by atoms with Gasteiger partial charge in [-0.3, -0.25) is 0 Å². The van der Waals surface area contributed by atoms with Gasteiger partial charge in [0.15, 0.2) is 6.10 Å². The second kappa shape index (κ2) is 4.00. The Bertz CT molecular complexity index is 454. The summed E-state index contributed by atoms with van der Waals surface area (Å²) < 4.78 is 27.1. The summed E-state index contributed by atoms with van der Waals surface area (Å²) in [6.07, 6.45) is 2.07. The van der Waals surface area contributed by atoms with E-state index in [-0.39, 0.29) is 6.10 Å². The molecule has 3 saturated heterocycles. The van der Waals surface area contributed by atoms with E-state index in [9.17, 15) is 9.59 Å². The molecule has 0 radical (unpaired) electrons. The van der Waals surface area contributed by atoms with E-state index in [1.165, 1.54) is 0 Å². The molecule has 0 aromatic carbocycles. The molecule has 1 spiro atoms. The summed E-state index contributed by atoms with van der Waals surface area (Å²) in [7, 11) is 0. The van der Waals surface area contributed by atoms with Crippen molar-refractivity contribution in [3.05, 3.63) is 0 Å². The first-order valence-electron chi connectivity index (χ1n) is 7.09. The van der Waals surface area contributed by atoms with Crippen LogP contribution in [0.5, 0.6) is 0 Å². The smallest absolute Gasteiger partial charge is 0.422 e. The zero-order valence-electron chi connectivity index (χ0n) is 11.0. The minimum Gasteiger partial charge on any atom is -0.422 e. The van der Waals surface area contributed by atoms with Gasteiger partial charge in [0.25, 0.3) is 0 Å². The highest BCUT2D eigenvalue weighted by molar-refractivity contribution is 5.69. The molecule has 0 aromatic rings. The molecule has 0 N–H and O–H groups in total. The minimum absolute atomic E-state index is 0.319. The molecule has 20 heavy (non-hydrogen) atoms. The molecule has 4 aliphatic rings. The molecular formula is C13H16O7. The molecule has 4 fully saturated rings. The van der Waals surface area contributed by atoms with Gasteiger partial charge in [-0.2, -0.15) is 0 Å². The normalized spacial score (nSPS) is 46.6. The van der Waals surface area contributed by atoms with E-state index in [0.29, 0.717) is 19.4 Å². The fourth-order valence-corrected chi connectivity index (χ4v) is 3.89. The topological polar surface area (TPSA) is 80.3 Å². The Morgan fingerprint density at radius 3 is 2.50 bits per heavy atom. The van der Waals surface area contributed by atoms with Gasteiger partial charge >= 0.3 is 18.1 Å². The van der Waals surface area contributed by atoms with Gasteiger partial charge in [0.05, 0.1) is 0 Å². The van der Waals surface area contributed by atoms with Gasteiger partial charge in [0.1, 0.15) is 6.10 Å². The van der Waals surface area contributed by atoms with E-state index in [4.69, 9.17) is 23.7 Å². The molecule has 4 unspecified atom stereocenters. The van der Waals surface area contributed by atoms with Crippen LogP contribution in [0.2, 0.25) is 0 Å². The average molecular weight is 284 g/mol. The summed E-state index contributed by atoms with van der Waals surface area (Å²) in [5.41, 5.74) is -1.07. The van der Waals surface area contributed by atoms with Gasteiger partial charge in [0.2, 0.25) is 5.60 Å². The Morgan fingerprint density at radius 2 is 1.70 bits per heavy atom. The third-order valence-electron chi connectivity index (χ3n) is 4.70. The number of ether oxygens (including phenoxy) is 5. The highest BCUT2D eigenvalue weighted by Crippen LogP contribution is 2.55. The van der Waals surface area contributed by atoms with E-state index in [2.05, 4.69) is 0 Å². The van der Waals surface area contributed by atoms with Crippen LogP contribution < -0.4 is 0 Å². The van der Waals surface area contributed by atoms with Crippen LogP contribution in [0.25, 0.3) is 0 Å². The molecule has 1 saturated carbocycles. The Balaban J connectivity index is 1.77. The van der Waals surface area contributed by atoms with E-state index in [1.54, 1.807) is 0 Å². The van der Waals surface area contributed by atoms with Crippen molar-refractivity contribution in [1.82, 2.24) is 0 Å². The molecule has 4 atom stereocenters. The highest BCUT2D eigenvalue weighted by atomic mass is 16.9. The number of rotatable bonds is 1. The van der Waals surface area contributed by atoms with E-state index >= 15 is 0 Å². The molecular weight excluding hydrogens is 268 g/mol. The zero-order chi connectivity index (χ0) is 13.8. The Labute approximate surface area is 115 Å². The lowest BCUT2D eigenvalue weighted by atomic mass is 9.72. The van der Waals surface area contributed by atoms with Crippen molar-refractivity contribution in [3.63, 3.8) is 0 Å². The Kier molecular flexibility index (Phi) is 2.45. The molecule has 4 rings (SSSR count). The first-order valence-corrected chi connectivity index (χ1v) is 7.09. The van der Waals surface area contributed by atoms with Crippen LogP contribution in [0.4, 0.5) is 9.59 Å². The van der Waals surface area contributed by atoms with Crippen LogP contribution in [-0.4, -0.2) is 42.5 Å². The van der Waals surface area contributed by atoms with Crippen LogP contribution in [0.3, 0.4) is 0 Å². The number of carbonyl (C=O) groups excluding carboxylic acids is 2. The standard InChI is InChI=1S/C13H16O7/c14-10-17-9-5-3-6-12(8-4-1-2-7-16-8)13(9,19-10)20-11(15)18-12/h8-9H,1-7H2. The molecule has 110 valence electrons. The first kappa shape index (κ1) is 12.3. The average Bonchev–Trinajstić information content (AvgIpc) is 2.91. The molecule has 7 heteroatoms. The van der Waals surface area contributed by atoms with Gasteiger partial charge in [-0.05, 0) is 38.5 Å². The Morgan fingerprint density at radius 1 is 0.900 bits per heavy atom. The van der Waals surface area contributed by atoms with E-state index in [1.807, 2.05) is 0 Å². The third-order valence-corrected chi connectivity index (χ3v) is 4.70. The van der Waals surface area contributed by atoms with Crippen molar-refractivity contribution in [2.75, 3.05) is 6.61 Å². The summed E-state index contributed by atoms with van der Waals surface area (Å²) in [4.78, 5) is 23.3.